The molecule has 2 aromatic rings. The molecule has 1 atom stereocenters. The van der Waals surface area contributed by atoms with Gasteiger partial charge in [0, 0.05) is 31.2 Å². The molecule has 2 heterocycles. The van der Waals surface area contributed by atoms with Crippen molar-refractivity contribution in [2.24, 2.45) is 0 Å². The van der Waals surface area contributed by atoms with Crippen LogP contribution in [0.25, 0.3) is 0 Å². The van der Waals surface area contributed by atoms with Crippen molar-refractivity contribution in [3.05, 3.63) is 53.9 Å². The Bertz CT molecular complexity index is 746. The van der Waals surface area contributed by atoms with Crippen molar-refractivity contribution in [3.63, 3.8) is 0 Å². The van der Waals surface area contributed by atoms with Crippen LogP contribution in [0.2, 0.25) is 0 Å². The first-order valence-electron chi connectivity index (χ1n) is 7.86. The molecule has 3 rings (SSSR count). The topological polar surface area (TPSA) is 87.0 Å². The predicted molar refractivity (Wildman–Crippen MR) is 90.8 cm³/mol. The van der Waals surface area contributed by atoms with Crippen LogP contribution in [0.5, 0.6) is 0 Å². The maximum atomic E-state index is 12.3. The summed E-state index contributed by atoms with van der Waals surface area (Å²) in [5, 5.41) is 14.8. The molecule has 1 saturated heterocycles. The monoisotopic (exact) mass is 322 g/mol. The lowest BCUT2D eigenvalue weighted by Gasteiger charge is -2.12. The second kappa shape index (κ2) is 7.57. The number of nitrogens with zero attached hydrogens (tertiary/aromatic N) is 2. The van der Waals surface area contributed by atoms with Gasteiger partial charge in [0.25, 0.3) is 5.91 Å². The summed E-state index contributed by atoms with van der Waals surface area (Å²) in [5.74, 6) is -0.243. The maximum Gasteiger partial charge on any atom is 0.257 e. The van der Waals surface area contributed by atoms with Gasteiger partial charge in [0.05, 0.1) is 29.0 Å². The molecule has 1 amide bonds. The van der Waals surface area contributed by atoms with Gasteiger partial charge >= 0.3 is 0 Å². The normalized spacial score (nSPS) is 16.4. The summed E-state index contributed by atoms with van der Waals surface area (Å²) in [6, 6.07) is 10.5. The molecule has 0 bridgehead atoms. The summed E-state index contributed by atoms with van der Waals surface area (Å²) in [4.78, 5) is 16.4. The number of carbonyl (C=O) groups excluding carboxylic acids is 1. The number of anilines is 2. The van der Waals surface area contributed by atoms with Crippen LogP contribution >= 0.6 is 0 Å². The van der Waals surface area contributed by atoms with E-state index in [1.165, 1.54) is 6.20 Å². The highest BCUT2D eigenvalue weighted by molar-refractivity contribution is 6.04. The van der Waals surface area contributed by atoms with Crippen LogP contribution in [0.4, 0.5) is 11.4 Å². The third-order valence-electron chi connectivity index (χ3n) is 3.83. The molecule has 0 aliphatic carbocycles. The standard InChI is InChI=1S/C18H18N4O2/c19-9-13-3-5-15(6-4-13)22-18(23)14-8-16(11-20-10-14)21-12-17-2-1-7-24-17/h3-6,8,10-11,17,21H,1-2,7,12H2,(H,22,23). The summed E-state index contributed by atoms with van der Waals surface area (Å²) in [6.45, 7) is 1.53. The van der Waals surface area contributed by atoms with Crippen LogP contribution in [0.15, 0.2) is 42.7 Å². The minimum absolute atomic E-state index is 0.223. The average Bonchev–Trinajstić information content (AvgIpc) is 3.14. The van der Waals surface area contributed by atoms with Gasteiger partial charge in [0.2, 0.25) is 0 Å². The van der Waals surface area contributed by atoms with Crippen molar-refractivity contribution in [3.8, 4) is 6.07 Å². The quantitative estimate of drug-likeness (QED) is 0.884. The minimum Gasteiger partial charge on any atom is -0.381 e. The molecule has 1 unspecified atom stereocenters. The van der Waals surface area contributed by atoms with Crippen molar-refractivity contribution in [2.75, 3.05) is 23.8 Å². The predicted octanol–water partition coefficient (Wildman–Crippen LogP) is 2.80. The molecular formula is C18H18N4O2. The Labute approximate surface area is 140 Å². The summed E-state index contributed by atoms with van der Waals surface area (Å²) < 4.78 is 5.57. The lowest BCUT2D eigenvalue weighted by molar-refractivity contribution is 0.102. The summed E-state index contributed by atoms with van der Waals surface area (Å²) in [5.41, 5.74) is 2.45. The van der Waals surface area contributed by atoms with E-state index in [1.807, 2.05) is 6.07 Å². The number of aromatic nitrogens is 1. The Balaban J connectivity index is 1.61. The third kappa shape index (κ3) is 4.09. The molecule has 1 fully saturated rings. The molecule has 6 nitrogen and oxygen atoms in total. The van der Waals surface area contributed by atoms with Crippen molar-refractivity contribution in [1.29, 1.82) is 5.26 Å². The first-order valence-corrected chi connectivity index (χ1v) is 7.86. The van der Waals surface area contributed by atoms with Crippen LogP contribution in [-0.4, -0.2) is 30.1 Å². The molecule has 6 heteroatoms. The Morgan fingerprint density at radius 2 is 2.12 bits per heavy atom. The summed E-state index contributed by atoms with van der Waals surface area (Å²) >= 11 is 0. The fraction of sp³-hybridized carbons (Fsp3) is 0.278. The second-order valence-corrected chi connectivity index (χ2v) is 5.62. The average molecular weight is 322 g/mol. The SMILES string of the molecule is N#Cc1ccc(NC(=O)c2cncc(NCC3CCCO3)c2)cc1. The molecule has 1 aliphatic rings. The van der Waals surface area contributed by atoms with Crippen LogP contribution in [0.3, 0.4) is 0 Å². The van der Waals surface area contributed by atoms with Gasteiger partial charge < -0.3 is 15.4 Å². The van der Waals surface area contributed by atoms with Crippen molar-refractivity contribution >= 4 is 17.3 Å². The van der Waals surface area contributed by atoms with E-state index in [4.69, 9.17) is 10.00 Å². The third-order valence-corrected chi connectivity index (χ3v) is 3.83. The molecular weight excluding hydrogens is 304 g/mol. The van der Waals surface area contributed by atoms with E-state index in [1.54, 1.807) is 36.5 Å². The number of nitriles is 1. The van der Waals surface area contributed by atoms with Crippen LogP contribution in [0.1, 0.15) is 28.8 Å². The number of pyridine rings is 1. The highest BCUT2D eigenvalue weighted by Gasteiger charge is 2.15. The number of ether oxygens (including phenoxy) is 1. The molecule has 1 aromatic carbocycles. The molecule has 0 radical (unpaired) electrons. The van der Waals surface area contributed by atoms with E-state index in [2.05, 4.69) is 15.6 Å². The minimum atomic E-state index is -0.243. The Morgan fingerprint density at radius 3 is 2.83 bits per heavy atom. The van der Waals surface area contributed by atoms with Crippen molar-refractivity contribution in [1.82, 2.24) is 4.98 Å². The van der Waals surface area contributed by atoms with Gasteiger partial charge in [-0.1, -0.05) is 0 Å². The zero-order valence-electron chi connectivity index (χ0n) is 13.2. The van der Waals surface area contributed by atoms with Crippen molar-refractivity contribution in [2.45, 2.75) is 18.9 Å². The second-order valence-electron chi connectivity index (χ2n) is 5.62. The summed E-state index contributed by atoms with van der Waals surface area (Å²) in [7, 11) is 0. The molecule has 24 heavy (non-hydrogen) atoms. The summed E-state index contributed by atoms with van der Waals surface area (Å²) in [6.07, 6.45) is 5.58. The fourth-order valence-electron chi connectivity index (χ4n) is 2.53. The number of nitrogens with one attached hydrogen (secondary N) is 2. The van der Waals surface area contributed by atoms with Gasteiger partial charge in [-0.15, -0.1) is 0 Å². The van der Waals surface area contributed by atoms with Gasteiger partial charge in [0.15, 0.2) is 0 Å². The molecule has 122 valence electrons. The molecule has 2 N–H and O–H groups in total. The van der Waals surface area contributed by atoms with Crippen LogP contribution < -0.4 is 10.6 Å². The number of rotatable bonds is 5. The van der Waals surface area contributed by atoms with Crippen LogP contribution in [-0.2, 0) is 4.74 Å². The van der Waals surface area contributed by atoms with E-state index in [0.29, 0.717) is 23.4 Å². The molecule has 1 aromatic heterocycles. The maximum absolute atomic E-state index is 12.3. The van der Waals surface area contributed by atoms with E-state index >= 15 is 0 Å². The largest absolute Gasteiger partial charge is 0.381 e. The number of hydrogen-bond acceptors (Lipinski definition) is 5. The molecule has 0 spiro atoms. The van der Waals surface area contributed by atoms with E-state index in [-0.39, 0.29) is 12.0 Å². The van der Waals surface area contributed by atoms with Gasteiger partial charge in [-0.3, -0.25) is 9.78 Å². The lowest BCUT2D eigenvalue weighted by Crippen LogP contribution is -2.19. The van der Waals surface area contributed by atoms with Gasteiger partial charge in [-0.25, -0.2) is 0 Å². The van der Waals surface area contributed by atoms with E-state index in [0.717, 1.165) is 25.1 Å². The zero-order valence-corrected chi connectivity index (χ0v) is 13.2. The molecule has 1 aliphatic heterocycles. The Kier molecular flexibility index (Phi) is 5.04. The van der Waals surface area contributed by atoms with Gasteiger partial charge in [0.1, 0.15) is 0 Å². The van der Waals surface area contributed by atoms with Crippen LogP contribution in [0, 0.1) is 11.3 Å². The lowest BCUT2D eigenvalue weighted by atomic mass is 10.2. The Morgan fingerprint density at radius 1 is 1.29 bits per heavy atom. The number of amides is 1. The van der Waals surface area contributed by atoms with E-state index in [9.17, 15) is 4.79 Å². The Hall–Kier alpha value is -2.91. The smallest absolute Gasteiger partial charge is 0.257 e. The first kappa shape index (κ1) is 16.0. The van der Waals surface area contributed by atoms with E-state index < -0.39 is 0 Å². The number of hydrogen-bond donors (Lipinski definition) is 2. The van der Waals surface area contributed by atoms with Gasteiger partial charge in [-0.05, 0) is 43.2 Å². The highest BCUT2D eigenvalue weighted by atomic mass is 16.5. The molecule has 0 saturated carbocycles. The first-order chi connectivity index (χ1) is 11.7. The highest BCUT2D eigenvalue weighted by Crippen LogP contribution is 2.15. The number of benzene rings is 1. The van der Waals surface area contributed by atoms with Crippen molar-refractivity contribution < 1.29 is 9.53 Å². The van der Waals surface area contributed by atoms with Gasteiger partial charge in [-0.2, -0.15) is 5.26 Å². The fourth-order valence-corrected chi connectivity index (χ4v) is 2.53. The zero-order chi connectivity index (χ0) is 16.8. The number of carbonyl (C=O) groups is 1.